The van der Waals surface area contributed by atoms with E-state index >= 15 is 0 Å². The molecule has 156 valence electrons. The van der Waals surface area contributed by atoms with Gasteiger partial charge in [0.15, 0.2) is 0 Å². The minimum atomic E-state index is -4.75. The largest absolute Gasteiger partial charge is 1.00 e. The number of fused-ring (bicyclic) bond motifs is 1. The molecule has 32 heavy (non-hydrogen) atoms. The first-order chi connectivity index (χ1) is 14.7. The first-order valence-electron chi connectivity index (χ1n) is 9.15. The van der Waals surface area contributed by atoms with Gasteiger partial charge in [0.2, 0.25) is 0 Å². The van der Waals surface area contributed by atoms with Gasteiger partial charge in [-0.15, -0.1) is 10.2 Å². The number of nitrogens with zero attached hydrogens (tertiary/aromatic N) is 3. The third kappa shape index (κ3) is 4.87. The third-order valence-corrected chi connectivity index (χ3v) is 5.59. The normalized spacial score (nSPS) is 11.6. The van der Waals surface area contributed by atoms with E-state index in [4.69, 9.17) is 5.73 Å². The number of pyridine rings is 1. The minimum Gasteiger partial charge on any atom is -0.744 e. The second-order valence-corrected chi connectivity index (χ2v) is 8.24. The van der Waals surface area contributed by atoms with Crippen LogP contribution in [0.15, 0.2) is 82.0 Å². The van der Waals surface area contributed by atoms with Crippen LogP contribution < -0.4 is 35.3 Å². The van der Waals surface area contributed by atoms with Crippen molar-refractivity contribution in [1.29, 1.82) is 0 Å². The van der Waals surface area contributed by atoms with Crippen molar-refractivity contribution in [2.24, 2.45) is 10.2 Å². The third-order valence-electron chi connectivity index (χ3n) is 4.71. The van der Waals surface area contributed by atoms with Gasteiger partial charge in [-0.1, -0.05) is 35.9 Å². The molecule has 4 rings (SSSR count). The van der Waals surface area contributed by atoms with E-state index in [0.29, 0.717) is 22.3 Å². The van der Waals surface area contributed by atoms with Gasteiger partial charge >= 0.3 is 29.6 Å². The Bertz CT molecular complexity index is 1440. The molecule has 3 aromatic carbocycles. The van der Waals surface area contributed by atoms with Crippen molar-refractivity contribution >= 4 is 38.0 Å². The zero-order valence-corrected chi connectivity index (χ0v) is 20.1. The van der Waals surface area contributed by atoms with Crippen LogP contribution in [-0.4, -0.2) is 18.0 Å². The van der Waals surface area contributed by atoms with Crippen LogP contribution in [0, 0.1) is 12.7 Å². The van der Waals surface area contributed by atoms with Crippen LogP contribution in [0.2, 0.25) is 0 Å². The maximum Gasteiger partial charge on any atom is 1.00 e. The SMILES string of the molecule is Cc1ccc(F)c(-c2ccc(N=Nc3cc(S(=O)(=O)[O-])c4ccccc4c3N)cn2)c1.[Na+]. The van der Waals surface area contributed by atoms with Crippen molar-refractivity contribution in [2.75, 3.05) is 5.73 Å². The molecule has 10 heteroatoms. The zero-order valence-electron chi connectivity index (χ0n) is 17.3. The maximum atomic E-state index is 14.1. The molecule has 0 aliphatic rings. The summed E-state index contributed by atoms with van der Waals surface area (Å²) in [5, 5.41) is 8.66. The number of hydrogen-bond acceptors (Lipinski definition) is 7. The number of aryl methyl sites for hydroxylation is 1. The van der Waals surface area contributed by atoms with Crippen LogP contribution in [0.3, 0.4) is 0 Å². The summed E-state index contributed by atoms with van der Waals surface area (Å²) >= 11 is 0. The predicted octanol–water partition coefficient (Wildman–Crippen LogP) is 2.26. The molecule has 0 spiro atoms. The van der Waals surface area contributed by atoms with Gasteiger partial charge in [-0.2, -0.15) is 0 Å². The summed E-state index contributed by atoms with van der Waals surface area (Å²) in [6, 6.07) is 15.4. The van der Waals surface area contributed by atoms with Gasteiger partial charge < -0.3 is 10.3 Å². The Balaban J connectivity index is 0.00000289. The van der Waals surface area contributed by atoms with Crippen LogP contribution in [0.4, 0.5) is 21.5 Å². The second-order valence-electron chi connectivity index (χ2n) is 6.89. The van der Waals surface area contributed by atoms with E-state index < -0.39 is 15.0 Å². The fourth-order valence-electron chi connectivity index (χ4n) is 3.19. The number of benzene rings is 3. The average Bonchev–Trinajstić information content (AvgIpc) is 2.75. The van der Waals surface area contributed by atoms with Crippen molar-refractivity contribution in [1.82, 2.24) is 4.98 Å². The molecule has 0 saturated heterocycles. The molecule has 1 heterocycles. The fraction of sp³-hybridized carbons (Fsp3) is 0.0455. The quantitative estimate of drug-likeness (QED) is 0.218. The van der Waals surface area contributed by atoms with Crippen LogP contribution in [0.1, 0.15) is 5.56 Å². The number of rotatable bonds is 4. The molecule has 2 N–H and O–H groups in total. The molecule has 0 fully saturated rings. The first kappa shape index (κ1) is 24.0. The second kappa shape index (κ2) is 9.43. The van der Waals surface area contributed by atoms with E-state index in [1.54, 1.807) is 42.5 Å². The van der Waals surface area contributed by atoms with Gasteiger partial charge in [0, 0.05) is 16.3 Å². The number of nitrogens with two attached hydrogens (primary N) is 1. The summed E-state index contributed by atoms with van der Waals surface area (Å²) in [6.07, 6.45) is 1.41. The Kier molecular flexibility index (Phi) is 7.06. The van der Waals surface area contributed by atoms with E-state index in [0.717, 1.165) is 11.6 Å². The van der Waals surface area contributed by atoms with Crippen LogP contribution >= 0.6 is 0 Å². The average molecular weight is 458 g/mol. The first-order valence-corrected chi connectivity index (χ1v) is 10.6. The van der Waals surface area contributed by atoms with E-state index in [1.807, 2.05) is 6.92 Å². The molecule has 1 aromatic heterocycles. The number of hydrogen-bond donors (Lipinski definition) is 1. The molecule has 0 amide bonds. The van der Waals surface area contributed by atoms with Crippen molar-refractivity contribution in [3.8, 4) is 11.3 Å². The number of nitrogen functional groups attached to an aromatic ring is 1. The number of halogens is 1. The summed E-state index contributed by atoms with van der Waals surface area (Å²) < 4.78 is 49.2. The molecule has 0 aliphatic carbocycles. The Morgan fingerprint density at radius 3 is 2.38 bits per heavy atom. The molecule has 0 bridgehead atoms. The smallest absolute Gasteiger partial charge is 0.744 e. The monoisotopic (exact) mass is 458 g/mol. The Labute approximate surface area is 206 Å². The van der Waals surface area contributed by atoms with Gasteiger partial charge in [-0.25, -0.2) is 12.8 Å². The minimum absolute atomic E-state index is 0. The molecular formula is C22H16FN4NaO3S. The molecular weight excluding hydrogens is 442 g/mol. The number of aromatic nitrogens is 1. The molecule has 4 aromatic rings. The summed E-state index contributed by atoms with van der Waals surface area (Å²) in [5.74, 6) is -0.386. The van der Waals surface area contributed by atoms with E-state index in [2.05, 4.69) is 15.2 Å². The molecule has 0 saturated carbocycles. The zero-order chi connectivity index (χ0) is 22.2. The Hall–Kier alpha value is -2.69. The molecule has 0 radical (unpaired) electrons. The van der Waals surface area contributed by atoms with Gasteiger partial charge in [0.1, 0.15) is 27.3 Å². The predicted molar refractivity (Wildman–Crippen MR) is 115 cm³/mol. The van der Waals surface area contributed by atoms with Gasteiger partial charge in [-0.3, -0.25) is 4.98 Å². The molecule has 0 unspecified atom stereocenters. The van der Waals surface area contributed by atoms with Crippen LogP contribution in [0.5, 0.6) is 0 Å². The van der Waals surface area contributed by atoms with E-state index in [-0.39, 0.29) is 52.1 Å². The molecule has 0 atom stereocenters. The Morgan fingerprint density at radius 1 is 1.00 bits per heavy atom. The van der Waals surface area contributed by atoms with Crippen molar-refractivity contribution < 1.29 is 46.9 Å². The molecule has 0 aliphatic heterocycles. The van der Waals surface area contributed by atoms with Crippen molar-refractivity contribution in [2.45, 2.75) is 11.8 Å². The van der Waals surface area contributed by atoms with E-state index in [1.165, 1.54) is 18.3 Å². The standard InChI is InChI=1S/C22H17FN4O3S.Na/c1-13-6-8-18(23)17(10-13)19-9-7-14(12-25-19)26-27-20-11-21(31(28,29)30)15-4-2-3-5-16(15)22(20)24;/h2-12H,24H2,1H3,(H,28,29,30);/q;+1/p-1. The van der Waals surface area contributed by atoms with Gasteiger partial charge in [0.25, 0.3) is 0 Å². The fourth-order valence-corrected chi connectivity index (χ4v) is 3.89. The maximum absolute atomic E-state index is 14.1. The van der Waals surface area contributed by atoms with Crippen molar-refractivity contribution in [3.63, 3.8) is 0 Å². The molecule has 7 nitrogen and oxygen atoms in total. The van der Waals surface area contributed by atoms with Crippen molar-refractivity contribution in [3.05, 3.63) is 78.2 Å². The summed E-state index contributed by atoms with van der Waals surface area (Å²) in [6.45, 7) is 1.86. The van der Waals surface area contributed by atoms with Crippen LogP contribution in [-0.2, 0) is 10.1 Å². The Morgan fingerprint density at radius 2 is 1.72 bits per heavy atom. The van der Waals surface area contributed by atoms with Crippen LogP contribution in [0.25, 0.3) is 22.0 Å². The summed E-state index contributed by atoms with van der Waals surface area (Å²) in [5.41, 5.74) is 8.40. The number of anilines is 1. The summed E-state index contributed by atoms with van der Waals surface area (Å²) in [7, 11) is -4.75. The topological polar surface area (TPSA) is 121 Å². The number of azo groups is 1. The summed E-state index contributed by atoms with van der Waals surface area (Å²) in [4.78, 5) is 3.80. The van der Waals surface area contributed by atoms with E-state index in [9.17, 15) is 17.4 Å². The van der Waals surface area contributed by atoms with Gasteiger partial charge in [-0.05, 0) is 37.3 Å². The van der Waals surface area contributed by atoms with Gasteiger partial charge in [0.05, 0.1) is 22.5 Å².